The largest absolute Gasteiger partial charge is 0.462 e. The average molecular weight is 304 g/mol. The highest BCUT2D eigenvalue weighted by molar-refractivity contribution is 6.08. The van der Waals surface area contributed by atoms with Crippen molar-refractivity contribution in [2.75, 3.05) is 11.9 Å². The van der Waals surface area contributed by atoms with Crippen LogP contribution in [-0.2, 0) is 11.8 Å². The summed E-state index contributed by atoms with van der Waals surface area (Å²) in [7, 11) is 1.53. The molecule has 7 heteroatoms. The van der Waals surface area contributed by atoms with Crippen molar-refractivity contribution in [2.45, 2.75) is 13.8 Å². The summed E-state index contributed by atoms with van der Waals surface area (Å²) in [5.74, 6) is -1.18. The number of aromatic nitrogens is 1. The van der Waals surface area contributed by atoms with Crippen LogP contribution in [0.1, 0.15) is 33.3 Å². The number of amides is 1. The second-order valence-corrected chi connectivity index (χ2v) is 4.56. The van der Waals surface area contributed by atoms with E-state index in [0.29, 0.717) is 5.69 Å². The molecular formula is C15H16N2O5. The Labute approximate surface area is 126 Å². The van der Waals surface area contributed by atoms with Gasteiger partial charge in [-0.2, -0.15) is 0 Å². The molecule has 1 aromatic heterocycles. The lowest BCUT2D eigenvalue weighted by molar-refractivity contribution is 0.0527. The van der Waals surface area contributed by atoms with Gasteiger partial charge in [-0.25, -0.2) is 14.3 Å². The number of aryl methyl sites for hydroxylation is 1. The number of carbonyl (C=O) groups excluding carboxylic acids is 2. The Balaban J connectivity index is 2.33. The minimum atomic E-state index is -0.730. The standard InChI is InChI=1S/C15H16N2O5/c1-4-21-14(19)10-7-5-6-8-11(10)16-13(18)12-9(2)17(3)22-15(12)20/h5-8H,4H2,1-3H3,(H,16,18). The zero-order valence-corrected chi connectivity index (χ0v) is 12.5. The first kappa shape index (κ1) is 15.6. The average Bonchev–Trinajstić information content (AvgIpc) is 2.73. The van der Waals surface area contributed by atoms with Crippen molar-refractivity contribution in [1.29, 1.82) is 0 Å². The molecule has 0 aliphatic rings. The summed E-state index contributed by atoms with van der Waals surface area (Å²) in [5.41, 5.74) is 0.0627. The summed E-state index contributed by atoms with van der Waals surface area (Å²) in [5, 5.41) is 2.55. The van der Waals surface area contributed by atoms with Gasteiger partial charge in [0, 0.05) is 7.05 Å². The molecule has 0 bridgehead atoms. The molecule has 0 atom stereocenters. The third-order valence-electron chi connectivity index (χ3n) is 3.16. The van der Waals surface area contributed by atoms with Gasteiger partial charge in [0.25, 0.3) is 5.91 Å². The number of hydrogen-bond donors (Lipinski definition) is 1. The van der Waals surface area contributed by atoms with Crippen molar-refractivity contribution in [3.8, 4) is 0 Å². The van der Waals surface area contributed by atoms with Gasteiger partial charge >= 0.3 is 11.6 Å². The van der Waals surface area contributed by atoms with Crippen molar-refractivity contribution in [3.05, 3.63) is 51.5 Å². The maximum Gasteiger partial charge on any atom is 0.370 e. The van der Waals surface area contributed by atoms with Gasteiger partial charge in [0.2, 0.25) is 0 Å². The Kier molecular flexibility index (Phi) is 4.45. The topological polar surface area (TPSA) is 90.5 Å². The molecule has 1 amide bonds. The molecule has 2 aromatic rings. The molecule has 22 heavy (non-hydrogen) atoms. The van der Waals surface area contributed by atoms with E-state index in [4.69, 9.17) is 9.26 Å². The predicted molar refractivity (Wildman–Crippen MR) is 79.0 cm³/mol. The number of ether oxygens (including phenoxy) is 1. The highest BCUT2D eigenvalue weighted by Gasteiger charge is 2.21. The smallest absolute Gasteiger partial charge is 0.370 e. The molecule has 7 nitrogen and oxygen atoms in total. The van der Waals surface area contributed by atoms with Crippen LogP contribution in [0.15, 0.2) is 33.6 Å². The van der Waals surface area contributed by atoms with Gasteiger partial charge < -0.3 is 14.6 Å². The van der Waals surface area contributed by atoms with E-state index in [-0.39, 0.29) is 23.4 Å². The molecule has 1 heterocycles. The Morgan fingerprint density at radius 2 is 2.00 bits per heavy atom. The zero-order chi connectivity index (χ0) is 16.3. The van der Waals surface area contributed by atoms with E-state index in [1.54, 1.807) is 32.0 Å². The molecule has 0 saturated heterocycles. The zero-order valence-electron chi connectivity index (χ0n) is 12.5. The SMILES string of the molecule is CCOC(=O)c1ccccc1NC(=O)c1c(C)n(C)oc1=O. The second kappa shape index (κ2) is 6.30. The molecule has 0 fully saturated rings. The Hall–Kier alpha value is -2.83. The number of anilines is 1. The molecule has 116 valence electrons. The van der Waals surface area contributed by atoms with Gasteiger partial charge in [-0.3, -0.25) is 4.79 Å². The minimum absolute atomic E-state index is 0.0961. The molecule has 0 spiro atoms. The fourth-order valence-electron chi connectivity index (χ4n) is 1.96. The number of benzene rings is 1. The lowest BCUT2D eigenvalue weighted by Gasteiger charge is -2.09. The van der Waals surface area contributed by atoms with Crippen molar-refractivity contribution in [2.24, 2.45) is 7.05 Å². The number of para-hydroxylation sites is 1. The summed E-state index contributed by atoms with van der Waals surface area (Å²) >= 11 is 0. The second-order valence-electron chi connectivity index (χ2n) is 4.56. The minimum Gasteiger partial charge on any atom is -0.462 e. The molecule has 1 N–H and O–H groups in total. The van der Waals surface area contributed by atoms with Crippen LogP contribution in [0.4, 0.5) is 5.69 Å². The first-order valence-corrected chi connectivity index (χ1v) is 6.70. The van der Waals surface area contributed by atoms with Crippen LogP contribution in [0, 0.1) is 6.92 Å². The lowest BCUT2D eigenvalue weighted by Crippen LogP contribution is -2.21. The molecular weight excluding hydrogens is 288 g/mol. The van der Waals surface area contributed by atoms with Gasteiger partial charge in [-0.1, -0.05) is 12.1 Å². The predicted octanol–water partition coefficient (Wildman–Crippen LogP) is 1.72. The van der Waals surface area contributed by atoms with Crippen LogP contribution in [0.5, 0.6) is 0 Å². The first-order valence-electron chi connectivity index (χ1n) is 6.70. The first-order chi connectivity index (χ1) is 10.5. The van der Waals surface area contributed by atoms with Gasteiger partial charge in [0.1, 0.15) is 5.56 Å². The highest BCUT2D eigenvalue weighted by Crippen LogP contribution is 2.17. The summed E-state index contributed by atoms with van der Waals surface area (Å²) in [6.45, 7) is 3.51. The quantitative estimate of drug-likeness (QED) is 0.868. The van der Waals surface area contributed by atoms with E-state index in [1.807, 2.05) is 0 Å². The van der Waals surface area contributed by atoms with Crippen molar-refractivity contribution in [3.63, 3.8) is 0 Å². The number of nitrogens with zero attached hydrogens (tertiary/aromatic N) is 1. The van der Waals surface area contributed by atoms with Crippen LogP contribution in [-0.4, -0.2) is 23.2 Å². The van der Waals surface area contributed by atoms with E-state index in [2.05, 4.69) is 5.32 Å². The van der Waals surface area contributed by atoms with Crippen molar-refractivity contribution < 1.29 is 18.8 Å². The normalized spacial score (nSPS) is 10.3. The molecule has 0 saturated carbocycles. The van der Waals surface area contributed by atoms with Gasteiger partial charge in [0.05, 0.1) is 23.6 Å². The number of esters is 1. The maximum absolute atomic E-state index is 12.3. The highest BCUT2D eigenvalue weighted by atomic mass is 16.5. The number of hydrogen-bond acceptors (Lipinski definition) is 5. The molecule has 0 radical (unpaired) electrons. The van der Waals surface area contributed by atoms with E-state index in [0.717, 1.165) is 0 Å². The molecule has 0 unspecified atom stereocenters. The summed E-state index contributed by atoms with van der Waals surface area (Å²) in [4.78, 5) is 35.8. The third kappa shape index (κ3) is 2.93. The van der Waals surface area contributed by atoms with Crippen LogP contribution >= 0.6 is 0 Å². The van der Waals surface area contributed by atoms with Gasteiger partial charge in [-0.15, -0.1) is 0 Å². The maximum atomic E-state index is 12.3. The van der Waals surface area contributed by atoms with Gasteiger partial charge in [-0.05, 0) is 26.0 Å². The molecule has 0 aliphatic carbocycles. The molecule has 2 rings (SSSR count). The third-order valence-corrected chi connectivity index (χ3v) is 3.16. The van der Waals surface area contributed by atoms with E-state index in [9.17, 15) is 14.4 Å². The van der Waals surface area contributed by atoms with Crippen LogP contribution in [0.25, 0.3) is 0 Å². The summed E-state index contributed by atoms with van der Waals surface area (Å²) in [6.07, 6.45) is 0. The van der Waals surface area contributed by atoms with Crippen LogP contribution < -0.4 is 10.9 Å². The Morgan fingerprint density at radius 3 is 2.59 bits per heavy atom. The van der Waals surface area contributed by atoms with E-state index in [1.165, 1.54) is 17.9 Å². The summed E-state index contributed by atoms with van der Waals surface area (Å²) in [6, 6.07) is 6.42. The Bertz CT molecular complexity index is 772. The summed E-state index contributed by atoms with van der Waals surface area (Å²) < 4.78 is 11.0. The fraction of sp³-hybridized carbons (Fsp3) is 0.267. The lowest BCUT2D eigenvalue weighted by atomic mass is 10.1. The van der Waals surface area contributed by atoms with E-state index < -0.39 is 17.5 Å². The van der Waals surface area contributed by atoms with E-state index >= 15 is 0 Å². The molecule has 1 aromatic carbocycles. The monoisotopic (exact) mass is 304 g/mol. The van der Waals surface area contributed by atoms with Crippen molar-refractivity contribution >= 4 is 17.6 Å². The fourth-order valence-corrected chi connectivity index (χ4v) is 1.96. The number of nitrogens with one attached hydrogen (secondary N) is 1. The van der Waals surface area contributed by atoms with Crippen LogP contribution in [0.2, 0.25) is 0 Å². The number of carbonyl (C=O) groups is 2. The van der Waals surface area contributed by atoms with Crippen molar-refractivity contribution in [1.82, 2.24) is 4.74 Å². The Morgan fingerprint density at radius 1 is 1.32 bits per heavy atom. The van der Waals surface area contributed by atoms with Gasteiger partial charge in [0.15, 0.2) is 0 Å². The molecule has 0 aliphatic heterocycles. The van der Waals surface area contributed by atoms with Crippen LogP contribution in [0.3, 0.4) is 0 Å². The number of rotatable bonds is 4.